The van der Waals surface area contributed by atoms with Crippen molar-refractivity contribution in [2.45, 2.75) is 58.4 Å². The van der Waals surface area contributed by atoms with Crippen LogP contribution in [0.1, 0.15) is 69.8 Å². The number of imidazole rings is 1. The Kier molecular flexibility index (Phi) is 3.52. The van der Waals surface area contributed by atoms with Gasteiger partial charge in [-0.15, -0.1) is 0 Å². The Morgan fingerprint density at radius 3 is 2.19 bits per heavy atom. The molecule has 112 valence electrons. The molecule has 0 unspecified atom stereocenters. The first-order valence-corrected chi connectivity index (χ1v) is 7.97. The van der Waals surface area contributed by atoms with Crippen LogP contribution in [0.5, 0.6) is 0 Å². The van der Waals surface area contributed by atoms with Crippen molar-refractivity contribution in [3.63, 3.8) is 0 Å². The van der Waals surface area contributed by atoms with Gasteiger partial charge in [-0.2, -0.15) is 0 Å². The maximum Gasteiger partial charge on any atom is 0.131 e. The van der Waals surface area contributed by atoms with E-state index in [1.165, 1.54) is 24.2 Å². The highest BCUT2D eigenvalue weighted by molar-refractivity contribution is 5.71. The molecule has 0 amide bonds. The molecule has 1 aliphatic rings. The topological polar surface area (TPSA) is 43.8 Å². The van der Waals surface area contributed by atoms with Crippen molar-refractivity contribution >= 4 is 5.82 Å². The lowest BCUT2D eigenvalue weighted by Gasteiger charge is -2.13. The maximum absolute atomic E-state index is 6.40. The van der Waals surface area contributed by atoms with Crippen molar-refractivity contribution in [2.75, 3.05) is 5.73 Å². The molecule has 1 fully saturated rings. The minimum absolute atomic E-state index is 0.358. The molecular weight excluding hydrogens is 258 g/mol. The fourth-order valence-corrected chi connectivity index (χ4v) is 2.87. The van der Waals surface area contributed by atoms with Crippen molar-refractivity contribution < 1.29 is 0 Å². The van der Waals surface area contributed by atoms with E-state index in [1.807, 2.05) is 0 Å². The average molecular weight is 283 g/mol. The van der Waals surface area contributed by atoms with E-state index in [1.54, 1.807) is 0 Å². The third-order valence-electron chi connectivity index (χ3n) is 4.29. The van der Waals surface area contributed by atoms with Crippen LogP contribution in [0.3, 0.4) is 0 Å². The van der Waals surface area contributed by atoms with Gasteiger partial charge in [-0.3, -0.25) is 0 Å². The van der Waals surface area contributed by atoms with Gasteiger partial charge >= 0.3 is 0 Å². The fourth-order valence-electron chi connectivity index (χ4n) is 2.87. The van der Waals surface area contributed by atoms with Crippen LogP contribution in [-0.2, 0) is 0 Å². The van der Waals surface area contributed by atoms with Crippen molar-refractivity contribution in [3.05, 3.63) is 35.7 Å². The van der Waals surface area contributed by atoms with Gasteiger partial charge in [-0.1, -0.05) is 38.1 Å². The molecule has 1 saturated carbocycles. The van der Waals surface area contributed by atoms with Crippen LogP contribution in [0, 0.1) is 0 Å². The summed E-state index contributed by atoms with van der Waals surface area (Å²) < 4.78 is 2.21. The van der Waals surface area contributed by atoms with Gasteiger partial charge in [0.15, 0.2) is 0 Å². The van der Waals surface area contributed by atoms with Crippen LogP contribution in [0.15, 0.2) is 24.3 Å². The largest absolute Gasteiger partial charge is 0.383 e. The number of hydrogen-bond acceptors (Lipinski definition) is 2. The lowest BCUT2D eigenvalue weighted by molar-refractivity contribution is 0.576. The summed E-state index contributed by atoms with van der Waals surface area (Å²) in [5.74, 6) is 3.14. The molecule has 3 rings (SSSR count). The number of rotatable bonds is 4. The summed E-state index contributed by atoms with van der Waals surface area (Å²) in [5.41, 5.74) is 9.82. The van der Waals surface area contributed by atoms with E-state index in [-0.39, 0.29) is 0 Å². The summed E-state index contributed by atoms with van der Waals surface area (Å²) in [5, 5.41) is 0. The van der Waals surface area contributed by atoms with Gasteiger partial charge in [-0.25, -0.2) is 4.98 Å². The van der Waals surface area contributed by atoms with Gasteiger partial charge in [0.1, 0.15) is 17.3 Å². The lowest BCUT2D eigenvalue weighted by Crippen LogP contribution is -2.08. The molecule has 2 N–H and O–H groups in total. The van der Waals surface area contributed by atoms with E-state index >= 15 is 0 Å². The molecule has 21 heavy (non-hydrogen) atoms. The zero-order valence-corrected chi connectivity index (χ0v) is 13.4. The number of aromatic nitrogens is 2. The summed E-state index contributed by atoms with van der Waals surface area (Å²) in [7, 11) is 0. The van der Waals surface area contributed by atoms with Crippen LogP contribution in [-0.4, -0.2) is 9.55 Å². The summed E-state index contributed by atoms with van der Waals surface area (Å²) in [6.45, 7) is 8.77. The second-order valence-corrected chi connectivity index (χ2v) is 6.72. The van der Waals surface area contributed by atoms with Crippen LogP contribution >= 0.6 is 0 Å². The summed E-state index contributed by atoms with van der Waals surface area (Å²) in [6, 6.07) is 9.02. The van der Waals surface area contributed by atoms with E-state index < -0.39 is 0 Å². The first-order valence-electron chi connectivity index (χ1n) is 7.97. The van der Waals surface area contributed by atoms with Crippen LogP contribution in [0.25, 0.3) is 11.3 Å². The van der Waals surface area contributed by atoms with Crippen molar-refractivity contribution in [2.24, 2.45) is 0 Å². The second-order valence-electron chi connectivity index (χ2n) is 6.72. The van der Waals surface area contributed by atoms with Gasteiger partial charge in [0.05, 0.1) is 0 Å². The highest BCUT2D eigenvalue weighted by atomic mass is 15.2. The molecule has 3 nitrogen and oxygen atoms in total. The molecule has 1 heterocycles. The standard InChI is InChI=1S/C18H25N3/c1-11(2)13-5-7-14(8-6-13)16-17(19)21(12(3)4)18(20-16)15-9-10-15/h5-8,11-12,15H,9-10,19H2,1-4H3. The normalized spacial score (nSPS) is 15.1. The van der Waals surface area contributed by atoms with Gasteiger partial charge in [-0.05, 0) is 38.2 Å². The first kappa shape index (κ1) is 14.2. The molecule has 0 atom stereocenters. The van der Waals surface area contributed by atoms with Crippen LogP contribution in [0.2, 0.25) is 0 Å². The Morgan fingerprint density at radius 2 is 1.71 bits per heavy atom. The predicted molar refractivity (Wildman–Crippen MR) is 88.5 cm³/mol. The lowest BCUT2D eigenvalue weighted by atomic mass is 10.0. The minimum Gasteiger partial charge on any atom is -0.383 e. The van der Waals surface area contributed by atoms with Crippen LogP contribution < -0.4 is 5.73 Å². The average Bonchev–Trinajstić information content (AvgIpc) is 3.22. The van der Waals surface area contributed by atoms with Gasteiger partial charge in [0.25, 0.3) is 0 Å². The van der Waals surface area contributed by atoms with E-state index in [2.05, 4.69) is 56.5 Å². The Bertz CT molecular complexity index is 631. The van der Waals surface area contributed by atoms with Gasteiger partial charge in [0, 0.05) is 17.5 Å². The molecule has 3 heteroatoms. The van der Waals surface area contributed by atoms with Crippen molar-refractivity contribution in [1.82, 2.24) is 9.55 Å². The number of benzene rings is 1. The predicted octanol–water partition coefficient (Wildman–Crippen LogP) is 4.71. The molecule has 1 aromatic carbocycles. The number of anilines is 1. The van der Waals surface area contributed by atoms with E-state index in [4.69, 9.17) is 10.7 Å². The second kappa shape index (κ2) is 5.21. The van der Waals surface area contributed by atoms with Crippen molar-refractivity contribution in [1.29, 1.82) is 0 Å². The maximum atomic E-state index is 6.40. The zero-order chi connectivity index (χ0) is 15.1. The number of nitrogens with zero attached hydrogens (tertiary/aromatic N) is 2. The number of nitrogens with two attached hydrogens (primary N) is 1. The minimum atomic E-state index is 0.358. The zero-order valence-electron chi connectivity index (χ0n) is 13.4. The molecule has 1 aliphatic carbocycles. The molecule has 0 aliphatic heterocycles. The monoisotopic (exact) mass is 283 g/mol. The highest BCUT2D eigenvalue weighted by Gasteiger charge is 2.31. The Morgan fingerprint density at radius 1 is 1.10 bits per heavy atom. The molecule has 0 saturated heterocycles. The van der Waals surface area contributed by atoms with E-state index in [0.29, 0.717) is 17.9 Å². The van der Waals surface area contributed by atoms with Crippen molar-refractivity contribution in [3.8, 4) is 11.3 Å². The highest BCUT2D eigenvalue weighted by Crippen LogP contribution is 2.43. The quantitative estimate of drug-likeness (QED) is 0.882. The van der Waals surface area contributed by atoms with E-state index in [9.17, 15) is 0 Å². The Balaban J connectivity index is 2.04. The summed E-state index contributed by atoms with van der Waals surface area (Å²) in [6.07, 6.45) is 2.49. The smallest absolute Gasteiger partial charge is 0.131 e. The molecule has 1 aromatic heterocycles. The molecule has 0 spiro atoms. The third-order valence-corrected chi connectivity index (χ3v) is 4.29. The molecular formula is C18H25N3. The number of hydrogen-bond donors (Lipinski definition) is 1. The summed E-state index contributed by atoms with van der Waals surface area (Å²) >= 11 is 0. The van der Waals surface area contributed by atoms with Gasteiger partial charge < -0.3 is 10.3 Å². The van der Waals surface area contributed by atoms with E-state index in [0.717, 1.165) is 17.1 Å². The van der Waals surface area contributed by atoms with Crippen LogP contribution in [0.4, 0.5) is 5.82 Å². The SMILES string of the molecule is CC(C)c1ccc(-c2nc(C3CC3)n(C(C)C)c2N)cc1. The molecule has 0 bridgehead atoms. The third kappa shape index (κ3) is 2.57. The Labute approximate surface area is 127 Å². The number of nitrogen functional groups attached to an aromatic ring is 1. The molecule has 2 aromatic rings. The fraction of sp³-hybridized carbons (Fsp3) is 0.500. The molecule has 0 radical (unpaired) electrons. The summed E-state index contributed by atoms with van der Waals surface area (Å²) in [4.78, 5) is 4.88. The first-order chi connectivity index (χ1) is 9.99. The van der Waals surface area contributed by atoms with Gasteiger partial charge in [0.2, 0.25) is 0 Å². The Hall–Kier alpha value is -1.77.